The molecule has 0 radical (unpaired) electrons. The number of aromatic nitrogens is 2. The molecule has 1 saturated carbocycles. The van der Waals surface area contributed by atoms with Crippen LogP contribution in [0, 0.1) is 17.3 Å². The first-order valence-corrected chi connectivity index (χ1v) is 12.8. The summed E-state index contributed by atoms with van der Waals surface area (Å²) >= 11 is 0. The summed E-state index contributed by atoms with van der Waals surface area (Å²) in [5, 5.41) is 2.87. The van der Waals surface area contributed by atoms with E-state index in [4.69, 9.17) is 5.73 Å². The van der Waals surface area contributed by atoms with E-state index in [0.29, 0.717) is 19.3 Å². The molecular formula is C25H40N6O5. The fraction of sp³-hybridized carbons (Fsp3) is 0.720. The zero-order valence-electron chi connectivity index (χ0n) is 22.3. The van der Waals surface area contributed by atoms with E-state index >= 15 is 0 Å². The second-order valence-corrected chi connectivity index (χ2v) is 11.7. The molecule has 2 fully saturated rings. The predicted octanol–water partition coefficient (Wildman–Crippen LogP) is 2.04. The number of amides is 4. The van der Waals surface area contributed by atoms with Crippen LogP contribution >= 0.6 is 0 Å². The molecule has 11 nitrogen and oxygen atoms in total. The Morgan fingerprint density at radius 2 is 1.86 bits per heavy atom. The Hall–Kier alpha value is -3.11. The summed E-state index contributed by atoms with van der Waals surface area (Å²) in [7, 11) is 0. The summed E-state index contributed by atoms with van der Waals surface area (Å²) in [4.78, 5) is 69.6. The van der Waals surface area contributed by atoms with Gasteiger partial charge in [0.15, 0.2) is 5.69 Å². The number of urea groups is 1. The van der Waals surface area contributed by atoms with Crippen molar-refractivity contribution in [3.63, 3.8) is 0 Å². The maximum Gasteiger partial charge on any atom is 0.330 e. The quantitative estimate of drug-likeness (QED) is 0.461. The van der Waals surface area contributed by atoms with Crippen LogP contribution in [0.25, 0.3) is 0 Å². The van der Waals surface area contributed by atoms with Crippen molar-refractivity contribution < 1.29 is 14.4 Å². The SMILES string of the molecule is CCCCn1c(N)c(N(CC(C)C)C(=O)CN2C(=O)N[C@@]3(C[C@H](C)CC(C)(C)C3)C2=O)c(=O)[nH]c1=O. The molecule has 0 aromatic carbocycles. The minimum Gasteiger partial charge on any atom is -0.383 e. The van der Waals surface area contributed by atoms with Crippen LogP contribution in [0.1, 0.15) is 73.6 Å². The lowest BCUT2D eigenvalue weighted by Crippen LogP contribution is -2.54. The number of carbonyl (C=O) groups is 3. The number of nitrogens with one attached hydrogen (secondary N) is 2. The van der Waals surface area contributed by atoms with Crippen molar-refractivity contribution in [2.45, 2.75) is 85.7 Å². The van der Waals surface area contributed by atoms with Crippen molar-refractivity contribution in [3.8, 4) is 0 Å². The molecule has 2 heterocycles. The van der Waals surface area contributed by atoms with Crippen molar-refractivity contribution in [1.29, 1.82) is 0 Å². The van der Waals surface area contributed by atoms with Gasteiger partial charge in [-0.05, 0) is 42.9 Å². The molecule has 36 heavy (non-hydrogen) atoms. The van der Waals surface area contributed by atoms with Gasteiger partial charge >= 0.3 is 11.7 Å². The lowest BCUT2D eigenvalue weighted by atomic mass is 9.64. The molecule has 1 spiro atoms. The van der Waals surface area contributed by atoms with Crippen LogP contribution in [0.4, 0.5) is 16.3 Å². The Morgan fingerprint density at radius 1 is 1.19 bits per heavy atom. The van der Waals surface area contributed by atoms with E-state index in [0.717, 1.165) is 17.7 Å². The predicted molar refractivity (Wildman–Crippen MR) is 138 cm³/mol. The van der Waals surface area contributed by atoms with Crippen LogP contribution in [0.5, 0.6) is 0 Å². The van der Waals surface area contributed by atoms with Crippen LogP contribution in [-0.4, -0.2) is 50.9 Å². The maximum absolute atomic E-state index is 13.6. The number of rotatable bonds is 8. The number of nitrogen functional groups attached to an aromatic ring is 1. The first-order chi connectivity index (χ1) is 16.7. The fourth-order valence-corrected chi connectivity index (χ4v) is 5.93. The molecule has 1 aliphatic heterocycles. The van der Waals surface area contributed by atoms with Crippen LogP contribution in [0.15, 0.2) is 9.59 Å². The van der Waals surface area contributed by atoms with Gasteiger partial charge in [0.2, 0.25) is 5.91 Å². The van der Waals surface area contributed by atoms with Gasteiger partial charge in [-0.2, -0.15) is 0 Å². The zero-order chi connectivity index (χ0) is 27.0. The summed E-state index contributed by atoms with van der Waals surface area (Å²) in [5.41, 5.74) is 3.51. The summed E-state index contributed by atoms with van der Waals surface area (Å²) in [6.45, 7) is 11.8. The summed E-state index contributed by atoms with van der Waals surface area (Å²) in [6, 6.07) is -0.613. The highest BCUT2D eigenvalue weighted by Gasteiger charge is 2.56. The molecule has 0 unspecified atom stereocenters. The van der Waals surface area contributed by atoms with E-state index in [9.17, 15) is 24.0 Å². The lowest BCUT2D eigenvalue weighted by Gasteiger charge is -2.43. The molecule has 2 atom stereocenters. The minimum atomic E-state index is -1.04. The molecule has 11 heteroatoms. The number of hydrogen-bond donors (Lipinski definition) is 3. The highest BCUT2D eigenvalue weighted by Crippen LogP contribution is 2.46. The topological polar surface area (TPSA) is 151 Å². The third kappa shape index (κ3) is 5.34. The molecule has 4 N–H and O–H groups in total. The van der Waals surface area contributed by atoms with Gasteiger partial charge in [-0.1, -0.05) is 48.0 Å². The number of nitrogens with zero attached hydrogens (tertiary/aromatic N) is 3. The van der Waals surface area contributed by atoms with Gasteiger partial charge in [0.1, 0.15) is 17.9 Å². The van der Waals surface area contributed by atoms with E-state index in [1.807, 2.05) is 20.8 Å². The molecule has 2 aliphatic rings. The summed E-state index contributed by atoms with van der Waals surface area (Å²) in [5.74, 6) is -0.973. The van der Waals surface area contributed by atoms with Gasteiger partial charge in [0.05, 0.1) is 0 Å². The first kappa shape index (κ1) is 27.5. The smallest absolute Gasteiger partial charge is 0.330 e. The van der Waals surface area contributed by atoms with Gasteiger partial charge in [0.25, 0.3) is 11.5 Å². The number of H-pyrrole nitrogens is 1. The molecule has 200 valence electrons. The number of aromatic amines is 1. The summed E-state index contributed by atoms with van der Waals surface area (Å²) in [6.07, 6.45) is 3.40. The van der Waals surface area contributed by atoms with E-state index in [-0.39, 0.29) is 41.8 Å². The molecule has 0 bridgehead atoms. The van der Waals surface area contributed by atoms with Crippen molar-refractivity contribution in [3.05, 3.63) is 20.8 Å². The summed E-state index contributed by atoms with van der Waals surface area (Å²) < 4.78 is 1.25. The first-order valence-electron chi connectivity index (χ1n) is 12.8. The van der Waals surface area contributed by atoms with E-state index in [1.54, 1.807) is 0 Å². The molecule has 3 rings (SSSR count). The highest BCUT2D eigenvalue weighted by atomic mass is 16.2. The zero-order valence-corrected chi connectivity index (χ0v) is 22.3. The maximum atomic E-state index is 13.6. The Balaban J connectivity index is 1.95. The van der Waals surface area contributed by atoms with Gasteiger partial charge < -0.3 is 16.0 Å². The standard InChI is InChI=1S/C25H40N6O5/c1-7-8-9-29-19(26)18(20(33)27-22(29)35)30(12-15(2)3)17(32)13-31-21(34)25(28-23(31)36)11-16(4)10-24(5,6)14-25/h15-16H,7-14,26H2,1-6H3,(H,28,36)(H,27,33,35)/t16-,25-/m1/s1. The van der Waals surface area contributed by atoms with Crippen molar-refractivity contribution in [1.82, 2.24) is 19.8 Å². The van der Waals surface area contributed by atoms with Crippen molar-refractivity contribution in [2.24, 2.45) is 17.3 Å². The van der Waals surface area contributed by atoms with Crippen LogP contribution in [0.3, 0.4) is 0 Å². The second kappa shape index (κ2) is 10.1. The number of hydrogen-bond acceptors (Lipinski definition) is 6. The van der Waals surface area contributed by atoms with Crippen LogP contribution in [-0.2, 0) is 16.1 Å². The lowest BCUT2D eigenvalue weighted by molar-refractivity contribution is -0.137. The van der Waals surface area contributed by atoms with Crippen molar-refractivity contribution >= 4 is 29.4 Å². The number of unbranched alkanes of at least 4 members (excludes halogenated alkanes) is 1. The second-order valence-electron chi connectivity index (χ2n) is 11.7. The number of imide groups is 1. The van der Waals surface area contributed by atoms with Crippen LogP contribution in [0.2, 0.25) is 0 Å². The minimum absolute atomic E-state index is 0.0572. The van der Waals surface area contributed by atoms with E-state index in [1.165, 1.54) is 9.47 Å². The number of anilines is 2. The Bertz CT molecular complexity index is 1150. The van der Waals surface area contributed by atoms with Gasteiger partial charge in [-0.25, -0.2) is 9.59 Å². The fourth-order valence-electron chi connectivity index (χ4n) is 5.93. The number of carbonyl (C=O) groups excluding carboxylic acids is 3. The molecule has 1 aliphatic carbocycles. The average Bonchev–Trinajstić information content (AvgIpc) is 2.94. The van der Waals surface area contributed by atoms with Gasteiger partial charge in [0, 0.05) is 13.1 Å². The van der Waals surface area contributed by atoms with Gasteiger partial charge in [-0.3, -0.25) is 28.8 Å². The molecule has 1 aromatic heterocycles. The molecular weight excluding hydrogens is 464 g/mol. The van der Waals surface area contributed by atoms with Gasteiger partial charge in [-0.15, -0.1) is 0 Å². The van der Waals surface area contributed by atoms with E-state index < -0.39 is 41.2 Å². The van der Waals surface area contributed by atoms with Crippen molar-refractivity contribution in [2.75, 3.05) is 23.7 Å². The number of nitrogens with two attached hydrogens (primary N) is 1. The Labute approximate surface area is 211 Å². The normalized spacial score (nSPS) is 23.4. The molecule has 4 amide bonds. The molecule has 1 aromatic rings. The Kier molecular flexibility index (Phi) is 7.71. The molecule has 1 saturated heterocycles. The Morgan fingerprint density at radius 3 is 2.44 bits per heavy atom. The van der Waals surface area contributed by atoms with E-state index in [2.05, 4.69) is 31.1 Å². The highest BCUT2D eigenvalue weighted by molar-refractivity contribution is 6.10. The monoisotopic (exact) mass is 504 g/mol. The third-order valence-corrected chi connectivity index (χ3v) is 6.99. The third-order valence-electron chi connectivity index (χ3n) is 6.99. The average molecular weight is 505 g/mol. The van der Waals surface area contributed by atoms with Crippen LogP contribution < -0.4 is 27.2 Å². The largest absolute Gasteiger partial charge is 0.383 e.